The Morgan fingerprint density at radius 3 is 2.74 bits per heavy atom. The number of phenols is 1. The van der Waals surface area contributed by atoms with Crippen LogP contribution in [0.4, 0.5) is 0 Å². The van der Waals surface area contributed by atoms with Gasteiger partial charge in [-0.1, -0.05) is 19.9 Å². The van der Waals surface area contributed by atoms with Crippen molar-refractivity contribution >= 4 is 11.8 Å². The predicted molar refractivity (Wildman–Crippen MR) is 74.8 cm³/mol. The normalized spacial score (nSPS) is 24.4. The van der Waals surface area contributed by atoms with E-state index < -0.39 is 0 Å². The van der Waals surface area contributed by atoms with Gasteiger partial charge in [0, 0.05) is 11.2 Å². The third-order valence-corrected chi connectivity index (χ3v) is 5.35. The van der Waals surface area contributed by atoms with E-state index in [9.17, 15) is 5.11 Å². The average Bonchev–Trinajstić information content (AvgIpc) is 2.33. The highest BCUT2D eigenvalue weighted by Crippen LogP contribution is 2.40. The van der Waals surface area contributed by atoms with Crippen LogP contribution in [0, 0.1) is 0 Å². The van der Waals surface area contributed by atoms with Gasteiger partial charge in [-0.25, -0.2) is 0 Å². The molecule has 0 bridgehead atoms. The zero-order valence-corrected chi connectivity index (χ0v) is 13.0. The molecule has 2 rings (SSSR count). The molecule has 1 aliphatic carbocycles. The van der Waals surface area contributed by atoms with Gasteiger partial charge in [-0.05, 0) is 29.7 Å². The van der Waals surface area contributed by atoms with E-state index in [1.165, 1.54) is 11.1 Å². The van der Waals surface area contributed by atoms with Crippen LogP contribution in [0.5, 0.6) is 5.75 Å². The summed E-state index contributed by atoms with van der Waals surface area (Å²) in [6, 6.07) is 5.93. The van der Waals surface area contributed by atoms with E-state index in [1.54, 1.807) is 17.8 Å². The van der Waals surface area contributed by atoms with Gasteiger partial charge in [-0.3, -0.25) is 0 Å². The Balaban J connectivity index is 0.00000180. The summed E-state index contributed by atoms with van der Waals surface area (Å²) >= 11 is 1.80. The van der Waals surface area contributed by atoms with E-state index in [2.05, 4.69) is 19.6 Å². The number of rotatable bonds is 3. The first-order valence-electron chi connectivity index (χ1n) is 6.34. The van der Waals surface area contributed by atoms with Gasteiger partial charge >= 0.3 is 0 Å². The minimum absolute atomic E-state index is 0. The summed E-state index contributed by atoms with van der Waals surface area (Å²) in [7, 11) is 0. The molecule has 5 N–H and O–H groups in total. The lowest BCUT2D eigenvalue weighted by Crippen LogP contribution is -3.00. The second-order valence-electron chi connectivity index (χ2n) is 5.51. The molecule has 0 amide bonds. The lowest BCUT2D eigenvalue weighted by atomic mass is 9.69. The molecule has 0 saturated carbocycles. The van der Waals surface area contributed by atoms with Crippen LogP contribution in [0.1, 0.15) is 25.0 Å². The Bertz CT molecular complexity index is 439. The number of quaternary nitrogens is 1. The maximum absolute atomic E-state index is 9.66. The Labute approximate surface area is 125 Å². The minimum atomic E-state index is -0.0422. The van der Waals surface area contributed by atoms with Crippen molar-refractivity contribution in [2.45, 2.75) is 37.0 Å². The minimum Gasteiger partial charge on any atom is -1.00 e. The number of hydrogen-bond donors (Lipinski definition) is 3. The lowest BCUT2D eigenvalue weighted by molar-refractivity contribution is -0.435. The van der Waals surface area contributed by atoms with Crippen molar-refractivity contribution in [1.29, 1.82) is 0 Å². The number of hydrogen-bond acceptors (Lipinski definition) is 3. The highest BCUT2D eigenvalue weighted by molar-refractivity contribution is 7.99. The van der Waals surface area contributed by atoms with E-state index in [1.807, 2.05) is 12.1 Å². The summed E-state index contributed by atoms with van der Waals surface area (Å²) in [5.74, 6) is 1.09. The van der Waals surface area contributed by atoms with Gasteiger partial charge in [0.1, 0.15) is 11.8 Å². The van der Waals surface area contributed by atoms with Crippen LogP contribution >= 0.6 is 11.8 Å². The van der Waals surface area contributed by atoms with Gasteiger partial charge in [0.25, 0.3) is 0 Å². The molecule has 0 unspecified atom stereocenters. The van der Waals surface area contributed by atoms with Crippen molar-refractivity contribution in [1.82, 2.24) is 0 Å². The number of benzene rings is 1. The van der Waals surface area contributed by atoms with Crippen LogP contribution in [-0.2, 0) is 11.8 Å². The fraction of sp³-hybridized carbons (Fsp3) is 0.571. The summed E-state index contributed by atoms with van der Waals surface area (Å²) in [4.78, 5) is 0. The molecule has 0 spiro atoms. The molecule has 0 saturated heterocycles. The average molecular weight is 304 g/mol. The zero-order chi connectivity index (χ0) is 13.3. The standard InChI is InChI=1S/C14H21NO2S.ClH/c1-14(2)11-8-10(17)4-3-9(11)7-12(13(14)15)18-6-5-16;/h3-4,8,12-13,16-17H,5-7,15H2,1-2H3;1H/t12-,13+;/m1./s1. The van der Waals surface area contributed by atoms with Crippen LogP contribution in [0.25, 0.3) is 0 Å². The summed E-state index contributed by atoms with van der Waals surface area (Å²) in [5.41, 5.74) is 6.80. The molecule has 1 aromatic carbocycles. The maximum atomic E-state index is 9.66. The van der Waals surface area contributed by atoms with E-state index in [0.717, 1.165) is 12.2 Å². The molecule has 0 aliphatic heterocycles. The third kappa shape index (κ3) is 3.19. The molecule has 108 valence electrons. The van der Waals surface area contributed by atoms with Gasteiger partial charge < -0.3 is 28.4 Å². The fourth-order valence-electron chi connectivity index (χ4n) is 2.74. The fourth-order valence-corrected chi connectivity index (χ4v) is 4.02. The van der Waals surface area contributed by atoms with E-state index in [-0.39, 0.29) is 30.5 Å². The molecule has 0 heterocycles. The molecule has 0 fully saturated rings. The van der Waals surface area contributed by atoms with Crippen LogP contribution in [-0.4, -0.2) is 33.9 Å². The van der Waals surface area contributed by atoms with Crippen molar-refractivity contribution < 1.29 is 28.4 Å². The van der Waals surface area contributed by atoms with Crippen molar-refractivity contribution in [2.24, 2.45) is 0 Å². The van der Waals surface area contributed by atoms with Crippen molar-refractivity contribution in [3.05, 3.63) is 29.3 Å². The molecular formula is C14H22ClNO2S. The first kappa shape index (κ1) is 16.6. The second kappa shape index (κ2) is 6.35. The predicted octanol–water partition coefficient (Wildman–Crippen LogP) is -2.07. The van der Waals surface area contributed by atoms with E-state index in [0.29, 0.717) is 11.0 Å². The summed E-state index contributed by atoms with van der Waals surface area (Å²) < 4.78 is 0. The first-order valence-corrected chi connectivity index (χ1v) is 7.39. The number of fused-ring (bicyclic) bond motifs is 1. The van der Waals surface area contributed by atoms with E-state index in [4.69, 9.17) is 5.11 Å². The van der Waals surface area contributed by atoms with Crippen LogP contribution in [0.3, 0.4) is 0 Å². The van der Waals surface area contributed by atoms with Crippen molar-refractivity contribution in [3.8, 4) is 5.75 Å². The van der Waals surface area contributed by atoms with Crippen LogP contribution in [0.15, 0.2) is 18.2 Å². The van der Waals surface area contributed by atoms with Gasteiger partial charge in [-0.15, -0.1) is 11.8 Å². The quantitative estimate of drug-likeness (QED) is 0.601. The number of halogens is 1. The largest absolute Gasteiger partial charge is 1.00 e. The van der Waals surface area contributed by atoms with Crippen LogP contribution < -0.4 is 18.1 Å². The molecule has 19 heavy (non-hydrogen) atoms. The number of aliphatic hydroxyl groups excluding tert-OH is 1. The molecule has 0 aromatic heterocycles. The van der Waals surface area contributed by atoms with Crippen molar-refractivity contribution in [3.63, 3.8) is 0 Å². The monoisotopic (exact) mass is 303 g/mol. The second-order valence-corrected chi connectivity index (χ2v) is 6.85. The van der Waals surface area contributed by atoms with Crippen LogP contribution in [0.2, 0.25) is 0 Å². The van der Waals surface area contributed by atoms with Gasteiger partial charge in [0.15, 0.2) is 0 Å². The van der Waals surface area contributed by atoms with Gasteiger partial charge in [-0.2, -0.15) is 0 Å². The Hall–Kier alpha value is -0.420. The lowest BCUT2D eigenvalue weighted by Gasteiger charge is -2.40. The molecule has 3 nitrogen and oxygen atoms in total. The summed E-state index contributed by atoms with van der Waals surface area (Å²) in [5, 5.41) is 19.1. The highest BCUT2D eigenvalue weighted by Gasteiger charge is 2.43. The molecule has 5 heteroatoms. The molecular weight excluding hydrogens is 282 g/mol. The SMILES string of the molecule is CC1(C)c2cc(O)ccc2C[C@@H](SCCO)[C@@H]1[NH3+].[Cl-]. The Morgan fingerprint density at radius 2 is 2.11 bits per heavy atom. The molecule has 1 aromatic rings. The summed E-state index contributed by atoms with van der Waals surface area (Å²) in [6.07, 6.45) is 0.970. The zero-order valence-electron chi connectivity index (χ0n) is 11.4. The van der Waals surface area contributed by atoms with E-state index >= 15 is 0 Å². The topological polar surface area (TPSA) is 68.1 Å². The number of phenolic OH excluding ortho intramolecular Hbond substituents is 1. The smallest absolute Gasteiger partial charge is 0.115 e. The maximum Gasteiger partial charge on any atom is 0.115 e. The highest BCUT2D eigenvalue weighted by atomic mass is 35.5. The summed E-state index contributed by atoms with van der Waals surface area (Å²) in [6.45, 7) is 4.60. The molecule has 1 aliphatic rings. The first-order chi connectivity index (χ1) is 8.46. The van der Waals surface area contributed by atoms with Gasteiger partial charge in [0.2, 0.25) is 0 Å². The van der Waals surface area contributed by atoms with Crippen molar-refractivity contribution in [2.75, 3.05) is 12.4 Å². The van der Waals surface area contributed by atoms with Gasteiger partial charge in [0.05, 0.1) is 11.9 Å². The number of aliphatic hydroxyl groups is 1. The Morgan fingerprint density at radius 1 is 1.42 bits per heavy atom. The number of aromatic hydroxyl groups is 1. The number of thioether (sulfide) groups is 1. The molecule has 2 atom stereocenters. The Kier molecular flexibility index (Phi) is 5.56. The molecule has 0 radical (unpaired) electrons. The third-order valence-electron chi connectivity index (χ3n) is 4.01.